The van der Waals surface area contributed by atoms with Gasteiger partial charge in [-0.25, -0.2) is 0 Å². The van der Waals surface area contributed by atoms with E-state index in [0.29, 0.717) is 19.1 Å². The van der Waals surface area contributed by atoms with Crippen molar-refractivity contribution in [3.63, 3.8) is 0 Å². The molecule has 1 fully saturated rings. The van der Waals surface area contributed by atoms with Crippen LogP contribution in [-0.4, -0.2) is 41.6 Å². The number of hydrogen-bond acceptors (Lipinski definition) is 4. The van der Waals surface area contributed by atoms with Crippen LogP contribution in [0.4, 0.5) is 5.69 Å². The van der Waals surface area contributed by atoms with E-state index >= 15 is 0 Å². The zero-order chi connectivity index (χ0) is 13.1. The Morgan fingerprint density at radius 3 is 2.22 bits per heavy atom. The molecule has 0 saturated carbocycles. The fourth-order valence-electron chi connectivity index (χ4n) is 2.13. The van der Waals surface area contributed by atoms with Crippen molar-refractivity contribution in [2.45, 2.75) is 38.6 Å². The van der Waals surface area contributed by atoms with Gasteiger partial charge in [0.2, 0.25) is 0 Å². The quantitative estimate of drug-likeness (QED) is 0.737. The van der Waals surface area contributed by atoms with Crippen molar-refractivity contribution in [2.75, 3.05) is 18.0 Å². The van der Waals surface area contributed by atoms with Gasteiger partial charge in [-0.05, 0) is 17.7 Å². The average molecular weight is 250 g/mol. The summed E-state index contributed by atoms with van der Waals surface area (Å²) >= 11 is 0. The predicted octanol–water partition coefficient (Wildman–Crippen LogP) is 0.726. The van der Waals surface area contributed by atoms with Crippen molar-refractivity contribution < 1.29 is 10.2 Å². The molecule has 0 amide bonds. The number of nitrogens with zero attached hydrogens (tertiary/aromatic N) is 1. The number of hydrogen-bond donors (Lipinski definition) is 3. The molecule has 1 aliphatic heterocycles. The summed E-state index contributed by atoms with van der Waals surface area (Å²) in [4.78, 5) is 2.01. The number of nitrogens with one attached hydrogen (secondary N) is 1. The summed E-state index contributed by atoms with van der Waals surface area (Å²) in [6.07, 6.45) is -1.26. The summed E-state index contributed by atoms with van der Waals surface area (Å²) in [5, 5.41) is 22.4. The Balaban J connectivity index is 1.95. The van der Waals surface area contributed by atoms with E-state index in [1.807, 2.05) is 17.0 Å². The van der Waals surface area contributed by atoms with Gasteiger partial charge in [-0.1, -0.05) is 26.0 Å². The van der Waals surface area contributed by atoms with Crippen molar-refractivity contribution in [3.05, 3.63) is 29.8 Å². The van der Waals surface area contributed by atoms with Gasteiger partial charge in [0.1, 0.15) is 0 Å². The van der Waals surface area contributed by atoms with Crippen molar-refractivity contribution in [1.82, 2.24) is 5.32 Å². The van der Waals surface area contributed by atoms with Crippen LogP contribution in [0.5, 0.6) is 0 Å². The maximum absolute atomic E-state index is 9.53. The predicted molar refractivity (Wildman–Crippen MR) is 72.6 cm³/mol. The minimum atomic E-state index is -0.632. The zero-order valence-electron chi connectivity index (χ0n) is 11.0. The Bertz CT molecular complexity index is 368. The highest BCUT2D eigenvalue weighted by Gasteiger charge is 2.29. The molecule has 2 unspecified atom stereocenters. The SMILES string of the molecule is CC(C)NCc1ccc(N2CC(O)C(O)C2)cc1. The summed E-state index contributed by atoms with van der Waals surface area (Å²) in [7, 11) is 0. The molecule has 1 aromatic carbocycles. The third-order valence-corrected chi connectivity index (χ3v) is 3.27. The molecule has 18 heavy (non-hydrogen) atoms. The molecule has 1 aliphatic rings. The summed E-state index contributed by atoms with van der Waals surface area (Å²) in [6, 6.07) is 8.74. The minimum absolute atomic E-state index is 0.480. The lowest BCUT2D eigenvalue weighted by Crippen LogP contribution is -2.22. The molecule has 0 spiro atoms. The largest absolute Gasteiger partial charge is 0.389 e. The van der Waals surface area contributed by atoms with E-state index in [-0.39, 0.29) is 0 Å². The number of aliphatic hydroxyl groups is 2. The van der Waals surface area contributed by atoms with E-state index in [2.05, 4.69) is 31.3 Å². The van der Waals surface area contributed by atoms with Gasteiger partial charge in [0.25, 0.3) is 0 Å². The van der Waals surface area contributed by atoms with Crippen molar-refractivity contribution in [1.29, 1.82) is 0 Å². The molecule has 4 heteroatoms. The van der Waals surface area contributed by atoms with Gasteiger partial charge >= 0.3 is 0 Å². The third-order valence-electron chi connectivity index (χ3n) is 3.27. The van der Waals surface area contributed by atoms with Crippen molar-refractivity contribution in [3.8, 4) is 0 Å². The van der Waals surface area contributed by atoms with Gasteiger partial charge in [0, 0.05) is 31.4 Å². The number of aliphatic hydroxyl groups excluding tert-OH is 2. The molecule has 2 rings (SSSR count). The fourth-order valence-corrected chi connectivity index (χ4v) is 2.13. The normalized spacial score (nSPS) is 23.9. The molecule has 0 bridgehead atoms. The second-order valence-electron chi connectivity index (χ2n) is 5.24. The van der Waals surface area contributed by atoms with Crippen LogP contribution in [0.1, 0.15) is 19.4 Å². The maximum Gasteiger partial charge on any atom is 0.0990 e. The Morgan fingerprint density at radius 2 is 1.72 bits per heavy atom. The smallest absolute Gasteiger partial charge is 0.0990 e. The molecule has 2 atom stereocenters. The maximum atomic E-state index is 9.53. The molecule has 0 aliphatic carbocycles. The van der Waals surface area contributed by atoms with E-state index in [0.717, 1.165) is 12.2 Å². The highest BCUT2D eigenvalue weighted by molar-refractivity contribution is 5.49. The second kappa shape index (κ2) is 5.69. The standard InChI is InChI=1S/C14H22N2O2/c1-10(2)15-7-11-3-5-12(6-4-11)16-8-13(17)14(18)9-16/h3-6,10,13-15,17-18H,7-9H2,1-2H3. The number of benzene rings is 1. The molecule has 4 nitrogen and oxygen atoms in total. The Kier molecular flexibility index (Phi) is 4.22. The summed E-state index contributed by atoms with van der Waals surface area (Å²) in [5.74, 6) is 0. The third kappa shape index (κ3) is 3.22. The van der Waals surface area contributed by atoms with Gasteiger partial charge in [-0.3, -0.25) is 0 Å². The molecular formula is C14H22N2O2. The molecule has 1 heterocycles. The van der Waals surface area contributed by atoms with Crippen LogP contribution in [-0.2, 0) is 6.54 Å². The van der Waals surface area contributed by atoms with Crippen LogP contribution in [0.3, 0.4) is 0 Å². The number of anilines is 1. The van der Waals surface area contributed by atoms with Crippen LogP contribution in [0.2, 0.25) is 0 Å². The molecule has 0 radical (unpaired) electrons. The molecule has 0 aromatic heterocycles. The van der Waals surface area contributed by atoms with Gasteiger partial charge in [0.15, 0.2) is 0 Å². The first kappa shape index (κ1) is 13.3. The van der Waals surface area contributed by atoms with Crippen LogP contribution < -0.4 is 10.2 Å². The number of β-amino-alcohol motifs (C(OH)–C–C–N with tert-alkyl or cyclic N) is 2. The summed E-state index contributed by atoms with van der Waals surface area (Å²) in [5.41, 5.74) is 2.30. The molecular weight excluding hydrogens is 228 g/mol. The Labute approximate surface area is 108 Å². The van der Waals surface area contributed by atoms with E-state index in [1.165, 1.54) is 5.56 Å². The van der Waals surface area contributed by atoms with Crippen LogP contribution in [0, 0.1) is 0 Å². The van der Waals surface area contributed by atoms with E-state index in [1.54, 1.807) is 0 Å². The topological polar surface area (TPSA) is 55.7 Å². The Morgan fingerprint density at radius 1 is 1.17 bits per heavy atom. The second-order valence-corrected chi connectivity index (χ2v) is 5.24. The lowest BCUT2D eigenvalue weighted by atomic mass is 10.2. The zero-order valence-corrected chi connectivity index (χ0v) is 11.0. The van der Waals surface area contributed by atoms with Gasteiger partial charge in [0.05, 0.1) is 12.2 Å². The fraction of sp³-hybridized carbons (Fsp3) is 0.571. The molecule has 100 valence electrons. The lowest BCUT2D eigenvalue weighted by Gasteiger charge is -2.18. The molecule has 1 aromatic rings. The average Bonchev–Trinajstić information content (AvgIpc) is 2.68. The van der Waals surface area contributed by atoms with Gasteiger partial charge in [-0.15, -0.1) is 0 Å². The molecule has 3 N–H and O–H groups in total. The first-order valence-corrected chi connectivity index (χ1v) is 6.49. The van der Waals surface area contributed by atoms with Gasteiger partial charge in [-0.2, -0.15) is 0 Å². The molecule has 1 saturated heterocycles. The Hall–Kier alpha value is -1.10. The number of rotatable bonds is 4. The first-order valence-electron chi connectivity index (χ1n) is 6.49. The summed E-state index contributed by atoms with van der Waals surface area (Å²) < 4.78 is 0. The lowest BCUT2D eigenvalue weighted by molar-refractivity contribution is 0.0572. The first-order chi connectivity index (χ1) is 8.56. The van der Waals surface area contributed by atoms with Gasteiger partial charge < -0.3 is 20.4 Å². The van der Waals surface area contributed by atoms with Crippen LogP contribution in [0.25, 0.3) is 0 Å². The van der Waals surface area contributed by atoms with E-state index in [9.17, 15) is 10.2 Å². The van der Waals surface area contributed by atoms with E-state index < -0.39 is 12.2 Å². The highest BCUT2D eigenvalue weighted by atomic mass is 16.3. The van der Waals surface area contributed by atoms with Crippen molar-refractivity contribution >= 4 is 5.69 Å². The van der Waals surface area contributed by atoms with E-state index in [4.69, 9.17) is 0 Å². The summed E-state index contributed by atoms with van der Waals surface area (Å²) in [6.45, 7) is 6.13. The van der Waals surface area contributed by atoms with Crippen LogP contribution >= 0.6 is 0 Å². The van der Waals surface area contributed by atoms with Crippen molar-refractivity contribution in [2.24, 2.45) is 0 Å². The minimum Gasteiger partial charge on any atom is -0.389 e. The highest BCUT2D eigenvalue weighted by Crippen LogP contribution is 2.21. The van der Waals surface area contributed by atoms with Crippen LogP contribution in [0.15, 0.2) is 24.3 Å². The monoisotopic (exact) mass is 250 g/mol.